The largest absolute Gasteiger partial charge is 0.476 e. The van der Waals surface area contributed by atoms with E-state index in [1.165, 1.54) is 11.8 Å². The van der Waals surface area contributed by atoms with Crippen LogP contribution in [0, 0.1) is 0 Å². The van der Waals surface area contributed by atoms with Gasteiger partial charge in [-0.05, 0) is 25.8 Å². The van der Waals surface area contributed by atoms with E-state index in [9.17, 15) is 9.18 Å². The van der Waals surface area contributed by atoms with Gasteiger partial charge in [0, 0.05) is 25.4 Å². The summed E-state index contributed by atoms with van der Waals surface area (Å²) in [5, 5.41) is 7.10. The predicted octanol–water partition coefficient (Wildman–Crippen LogP) is 2.98. The number of carbonyl (C=O) groups excluding carboxylic acids is 1. The molecular weight excluding hydrogens is 389 g/mol. The number of halogens is 1. The molecule has 0 saturated carbocycles. The van der Waals surface area contributed by atoms with Crippen molar-refractivity contribution in [2.45, 2.75) is 25.8 Å². The van der Waals surface area contributed by atoms with Gasteiger partial charge in [-0.3, -0.25) is 0 Å². The summed E-state index contributed by atoms with van der Waals surface area (Å²) in [5.74, 6) is 0.573. The van der Waals surface area contributed by atoms with Crippen molar-refractivity contribution in [1.82, 2.24) is 19.5 Å². The summed E-state index contributed by atoms with van der Waals surface area (Å²) in [4.78, 5) is 25.1. The molecule has 30 heavy (non-hydrogen) atoms. The summed E-state index contributed by atoms with van der Waals surface area (Å²) < 4.78 is 20.8. The number of aliphatic imine (C=N–C) groups is 1. The van der Waals surface area contributed by atoms with E-state index in [-0.39, 0.29) is 24.6 Å². The molecule has 1 saturated heterocycles. The first-order valence-corrected chi connectivity index (χ1v) is 9.79. The van der Waals surface area contributed by atoms with E-state index in [0.29, 0.717) is 23.5 Å². The molecule has 2 bridgehead atoms. The molecule has 2 aromatic heterocycles. The molecule has 2 amide bonds. The highest BCUT2D eigenvalue weighted by Gasteiger charge is 2.31. The highest BCUT2D eigenvalue weighted by atomic mass is 19.1. The Bertz CT molecular complexity index is 1040. The molecule has 0 aliphatic carbocycles. The molecule has 158 valence electrons. The maximum atomic E-state index is 13.3. The number of aromatic nitrogens is 3. The molecule has 2 aliphatic rings. The van der Waals surface area contributed by atoms with Gasteiger partial charge >= 0.3 is 6.03 Å². The molecule has 2 aromatic rings. The zero-order valence-electron chi connectivity index (χ0n) is 17.0. The average molecular weight is 413 g/mol. The summed E-state index contributed by atoms with van der Waals surface area (Å²) in [7, 11) is 1.66. The Morgan fingerprint density at radius 1 is 1.47 bits per heavy atom. The number of amides is 2. The summed E-state index contributed by atoms with van der Waals surface area (Å²) in [5.41, 5.74) is 1.75. The molecule has 1 fully saturated rings. The van der Waals surface area contributed by atoms with Crippen LogP contribution in [0.4, 0.5) is 20.7 Å². The van der Waals surface area contributed by atoms with Crippen molar-refractivity contribution in [1.29, 1.82) is 0 Å². The molecule has 0 radical (unpaired) electrons. The lowest BCUT2D eigenvalue weighted by Gasteiger charge is -2.28. The van der Waals surface area contributed by atoms with Crippen molar-refractivity contribution in [3.8, 4) is 0 Å². The van der Waals surface area contributed by atoms with Gasteiger partial charge in [0.2, 0.25) is 5.90 Å². The monoisotopic (exact) mass is 413 g/mol. The third-order valence-electron chi connectivity index (χ3n) is 5.19. The Balaban J connectivity index is 1.78. The highest BCUT2D eigenvalue weighted by Crippen LogP contribution is 2.30. The Morgan fingerprint density at radius 2 is 2.30 bits per heavy atom. The second-order valence-corrected chi connectivity index (χ2v) is 7.34. The predicted molar refractivity (Wildman–Crippen MR) is 112 cm³/mol. The van der Waals surface area contributed by atoms with Crippen LogP contribution in [0.2, 0.25) is 0 Å². The SMILES string of the molecule is C=C1C(=N/C=C(\C)F)OCCN(C)C(=O)Nc2cnn3ccc(nc23)N2CCC[C@H]12. The van der Waals surface area contributed by atoms with Gasteiger partial charge in [-0.1, -0.05) is 6.58 Å². The summed E-state index contributed by atoms with van der Waals surface area (Å²) in [6, 6.07) is 1.49. The standard InChI is InChI=1S/C20H24FN7O2/c1-13(21)11-22-19-14(2)16-5-4-7-27(16)17-6-8-28-18(25-17)15(12-23-28)24-20(29)26(3)9-10-30-19/h6,8,11-12,16H,2,4-5,7,9-10H2,1,3H3,(H,24,29)/b13-11+,22-19?/t16-/m1/s1. The van der Waals surface area contributed by atoms with Crippen LogP contribution >= 0.6 is 0 Å². The minimum Gasteiger partial charge on any atom is -0.476 e. The summed E-state index contributed by atoms with van der Waals surface area (Å²) in [6.07, 6.45) is 6.31. The fourth-order valence-corrected chi connectivity index (χ4v) is 3.61. The van der Waals surface area contributed by atoms with E-state index in [2.05, 4.69) is 26.9 Å². The molecule has 9 nitrogen and oxygen atoms in total. The van der Waals surface area contributed by atoms with Crippen molar-refractivity contribution < 1.29 is 13.9 Å². The van der Waals surface area contributed by atoms with Gasteiger partial charge in [0.1, 0.15) is 23.9 Å². The van der Waals surface area contributed by atoms with Crippen LogP contribution in [0.15, 0.2) is 47.6 Å². The molecular formula is C20H24FN7O2. The number of nitrogens with zero attached hydrogens (tertiary/aromatic N) is 6. The maximum Gasteiger partial charge on any atom is 0.321 e. The number of ether oxygens (including phenoxy) is 1. The van der Waals surface area contributed by atoms with Crippen molar-refractivity contribution in [2.24, 2.45) is 4.99 Å². The summed E-state index contributed by atoms with van der Waals surface area (Å²) in [6.45, 7) is 6.81. The third kappa shape index (κ3) is 3.85. The van der Waals surface area contributed by atoms with Crippen LogP contribution in [-0.4, -0.2) is 64.2 Å². The lowest BCUT2D eigenvalue weighted by Crippen LogP contribution is -2.37. The number of rotatable bonds is 1. The number of hydrogen-bond acceptors (Lipinski definition) is 6. The minimum absolute atomic E-state index is 0.0753. The van der Waals surface area contributed by atoms with Gasteiger partial charge in [0.15, 0.2) is 5.65 Å². The molecule has 0 aromatic carbocycles. The number of nitrogens with one attached hydrogen (secondary N) is 1. The van der Waals surface area contributed by atoms with Gasteiger partial charge in [-0.2, -0.15) is 5.10 Å². The van der Waals surface area contributed by atoms with E-state index < -0.39 is 5.83 Å². The Labute approximate surface area is 173 Å². The van der Waals surface area contributed by atoms with Crippen LogP contribution in [0.25, 0.3) is 5.65 Å². The zero-order valence-corrected chi connectivity index (χ0v) is 17.0. The van der Waals surface area contributed by atoms with Crippen LogP contribution in [0.5, 0.6) is 0 Å². The van der Waals surface area contributed by atoms with Crippen molar-refractivity contribution in [3.05, 3.63) is 42.6 Å². The van der Waals surface area contributed by atoms with Crippen LogP contribution in [0.1, 0.15) is 19.8 Å². The quantitative estimate of drug-likeness (QED) is 0.777. The van der Waals surface area contributed by atoms with E-state index in [1.54, 1.807) is 17.8 Å². The smallest absolute Gasteiger partial charge is 0.321 e. The van der Waals surface area contributed by atoms with E-state index in [0.717, 1.165) is 31.4 Å². The van der Waals surface area contributed by atoms with Gasteiger partial charge in [-0.15, -0.1) is 0 Å². The van der Waals surface area contributed by atoms with Gasteiger partial charge in [0.25, 0.3) is 0 Å². The Morgan fingerprint density at radius 3 is 3.10 bits per heavy atom. The van der Waals surface area contributed by atoms with Gasteiger partial charge < -0.3 is 19.9 Å². The van der Waals surface area contributed by atoms with E-state index in [1.807, 2.05) is 12.3 Å². The zero-order chi connectivity index (χ0) is 21.3. The first kappa shape index (κ1) is 19.9. The number of likely N-dealkylation sites (N-methyl/N-ethyl adjacent to an activating group) is 1. The molecule has 1 N–H and O–H groups in total. The average Bonchev–Trinajstić information content (AvgIpc) is 3.36. The first-order chi connectivity index (χ1) is 14.4. The van der Waals surface area contributed by atoms with Crippen LogP contribution in [0.3, 0.4) is 0 Å². The van der Waals surface area contributed by atoms with Gasteiger partial charge in [0.05, 0.1) is 25.0 Å². The number of fused-ring (bicyclic) bond motifs is 3. The lowest BCUT2D eigenvalue weighted by atomic mass is 10.1. The second kappa shape index (κ2) is 8.13. The fourth-order valence-electron chi connectivity index (χ4n) is 3.61. The molecule has 10 heteroatoms. The number of urea groups is 1. The van der Waals surface area contributed by atoms with Crippen LogP contribution < -0.4 is 10.2 Å². The van der Waals surface area contributed by atoms with Crippen molar-refractivity contribution in [3.63, 3.8) is 0 Å². The number of hydrogen-bond donors (Lipinski definition) is 1. The lowest BCUT2D eigenvalue weighted by molar-refractivity contribution is 0.205. The number of carbonyl (C=O) groups is 1. The second-order valence-electron chi connectivity index (χ2n) is 7.34. The number of anilines is 2. The van der Waals surface area contributed by atoms with Crippen molar-refractivity contribution >= 4 is 29.1 Å². The molecule has 0 unspecified atom stereocenters. The molecule has 1 atom stereocenters. The highest BCUT2D eigenvalue weighted by molar-refractivity contribution is 5.96. The normalized spacial score (nSPS) is 22.3. The summed E-state index contributed by atoms with van der Waals surface area (Å²) >= 11 is 0. The Hall–Kier alpha value is -3.43. The third-order valence-corrected chi connectivity index (χ3v) is 5.19. The van der Waals surface area contributed by atoms with E-state index in [4.69, 9.17) is 9.72 Å². The molecule has 4 rings (SSSR count). The van der Waals surface area contributed by atoms with Gasteiger partial charge in [-0.25, -0.2) is 23.7 Å². The van der Waals surface area contributed by atoms with Crippen molar-refractivity contribution in [2.75, 3.05) is 37.0 Å². The minimum atomic E-state index is -0.432. The van der Waals surface area contributed by atoms with Crippen LogP contribution in [-0.2, 0) is 4.74 Å². The fraction of sp³-hybridized carbons (Fsp3) is 0.400. The molecule has 4 heterocycles. The molecule has 2 aliphatic heterocycles. The number of allylic oxidation sites excluding steroid dienone is 1. The topological polar surface area (TPSA) is 87.4 Å². The Kier molecular flexibility index (Phi) is 5.39. The molecule has 0 spiro atoms. The first-order valence-electron chi connectivity index (χ1n) is 9.79. The van der Waals surface area contributed by atoms with E-state index >= 15 is 0 Å². The maximum absolute atomic E-state index is 13.3.